The summed E-state index contributed by atoms with van der Waals surface area (Å²) in [6.45, 7) is 4.56. The van der Waals surface area contributed by atoms with Gasteiger partial charge in [-0.05, 0) is 81.5 Å². The van der Waals surface area contributed by atoms with Crippen LogP contribution in [0, 0.1) is 11.8 Å². The molecule has 3 N–H and O–H groups in total. The summed E-state index contributed by atoms with van der Waals surface area (Å²) in [5.74, 6) is 1.12. The van der Waals surface area contributed by atoms with E-state index in [0.717, 1.165) is 42.6 Å². The van der Waals surface area contributed by atoms with Crippen molar-refractivity contribution in [3.63, 3.8) is 0 Å². The Balaban J connectivity index is 1.11. The maximum atomic E-state index is 6.74. The van der Waals surface area contributed by atoms with Gasteiger partial charge in [-0.1, -0.05) is 17.7 Å². The van der Waals surface area contributed by atoms with Crippen molar-refractivity contribution in [3.8, 4) is 0 Å². The number of halogens is 1. The molecular weight excluding hydrogens is 450 g/mol. The maximum Gasteiger partial charge on any atom is 0.201 e. The number of rotatable bonds is 3. The molecule has 3 saturated carbocycles. The Morgan fingerprint density at radius 3 is 2.65 bits per heavy atom. The number of hydrogen-bond acceptors (Lipinski definition) is 6. The Labute approximate surface area is 206 Å². The van der Waals surface area contributed by atoms with Crippen molar-refractivity contribution in [1.82, 2.24) is 10.3 Å². The van der Waals surface area contributed by atoms with Gasteiger partial charge in [0, 0.05) is 53.5 Å². The van der Waals surface area contributed by atoms with Gasteiger partial charge in [0.15, 0.2) is 0 Å². The fraction of sp³-hybridized carbons (Fsp3) is 0.667. The van der Waals surface area contributed by atoms with E-state index in [-0.39, 0.29) is 11.6 Å². The van der Waals surface area contributed by atoms with Gasteiger partial charge in [-0.3, -0.25) is 4.98 Å². The van der Waals surface area contributed by atoms with Gasteiger partial charge in [-0.2, -0.15) is 0 Å². The van der Waals surface area contributed by atoms with E-state index in [2.05, 4.69) is 22.4 Å². The highest BCUT2D eigenvalue weighted by Gasteiger charge is 2.49. The Morgan fingerprint density at radius 2 is 1.88 bits per heavy atom. The lowest BCUT2D eigenvalue weighted by atomic mass is 9.83. The molecule has 1 spiro atoms. The molecule has 34 heavy (non-hydrogen) atoms. The standard InChI is InChI=1S/C27H36ClN3O3/c1-26(2)15-32-27(34-33-26)8-5-18(6-9-27)31-19-11-16-12-23(29)25(22(16)14-19)21-7-10-30-24-13-17(28)3-4-20(21)24/h3-4,7,10,13,16,18-19,22-23,25,31H,5-6,8-9,11-12,14-15,29H2,1-2H3. The number of pyridine rings is 1. The highest BCUT2D eigenvalue weighted by Crippen LogP contribution is 2.52. The number of nitrogens with two attached hydrogens (primary N) is 1. The average molecular weight is 486 g/mol. The molecule has 5 atom stereocenters. The fourth-order valence-corrected chi connectivity index (χ4v) is 7.21. The van der Waals surface area contributed by atoms with Crippen molar-refractivity contribution < 1.29 is 14.5 Å². The maximum absolute atomic E-state index is 6.74. The summed E-state index contributed by atoms with van der Waals surface area (Å²) in [5, 5.41) is 5.91. The number of fused-ring (bicyclic) bond motifs is 2. The highest BCUT2D eigenvalue weighted by molar-refractivity contribution is 6.31. The lowest BCUT2D eigenvalue weighted by molar-refractivity contribution is -0.511. The summed E-state index contributed by atoms with van der Waals surface area (Å²) >= 11 is 6.22. The molecule has 0 radical (unpaired) electrons. The van der Waals surface area contributed by atoms with E-state index in [0.29, 0.717) is 36.4 Å². The summed E-state index contributed by atoms with van der Waals surface area (Å²) in [6, 6.07) is 9.48. The second kappa shape index (κ2) is 8.68. The van der Waals surface area contributed by atoms with E-state index in [4.69, 9.17) is 31.8 Å². The summed E-state index contributed by atoms with van der Waals surface area (Å²) in [6.07, 6.45) is 9.27. The first kappa shape index (κ1) is 23.1. The molecule has 4 aliphatic rings. The molecule has 7 heteroatoms. The van der Waals surface area contributed by atoms with Crippen LogP contribution in [0.15, 0.2) is 30.5 Å². The van der Waals surface area contributed by atoms with Gasteiger partial charge in [0.2, 0.25) is 5.79 Å². The third-order valence-corrected chi connectivity index (χ3v) is 8.90. The number of hydrogen-bond donors (Lipinski definition) is 2. The molecule has 2 aromatic rings. The molecule has 0 bridgehead atoms. The normalized spacial score (nSPS) is 39.5. The molecule has 1 aliphatic heterocycles. The molecule has 4 fully saturated rings. The number of nitrogens with one attached hydrogen (secondary N) is 1. The fourth-order valence-electron chi connectivity index (χ4n) is 7.04. The Morgan fingerprint density at radius 1 is 1.06 bits per heavy atom. The van der Waals surface area contributed by atoms with Crippen LogP contribution >= 0.6 is 11.6 Å². The van der Waals surface area contributed by atoms with Gasteiger partial charge < -0.3 is 15.8 Å². The van der Waals surface area contributed by atoms with Crippen molar-refractivity contribution in [2.45, 2.75) is 94.2 Å². The quantitative estimate of drug-likeness (QED) is 0.590. The first-order chi connectivity index (χ1) is 16.3. The predicted octanol–water partition coefficient (Wildman–Crippen LogP) is 5.08. The topological polar surface area (TPSA) is 78.6 Å². The van der Waals surface area contributed by atoms with Crippen molar-refractivity contribution in [3.05, 3.63) is 41.0 Å². The molecule has 2 heterocycles. The number of aromatic nitrogens is 1. The van der Waals surface area contributed by atoms with Crippen LogP contribution in [-0.2, 0) is 14.5 Å². The Kier molecular flexibility index (Phi) is 5.91. The van der Waals surface area contributed by atoms with Crippen LogP contribution in [0.1, 0.15) is 70.3 Å². The van der Waals surface area contributed by atoms with Gasteiger partial charge in [-0.25, -0.2) is 9.78 Å². The van der Waals surface area contributed by atoms with Gasteiger partial charge in [0.25, 0.3) is 0 Å². The molecule has 1 aromatic carbocycles. The average Bonchev–Trinajstić information content (AvgIpc) is 3.32. The summed E-state index contributed by atoms with van der Waals surface area (Å²) in [7, 11) is 0. The molecule has 184 valence electrons. The van der Waals surface area contributed by atoms with Crippen LogP contribution in [0.3, 0.4) is 0 Å². The first-order valence-corrected chi connectivity index (χ1v) is 13.3. The lowest BCUT2D eigenvalue weighted by Gasteiger charge is -2.45. The zero-order valence-electron chi connectivity index (χ0n) is 20.1. The van der Waals surface area contributed by atoms with Gasteiger partial charge >= 0.3 is 0 Å². The lowest BCUT2D eigenvalue weighted by Crippen LogP contribution is -2.53. The largest absolute Gasteiger partial charge is 0.344 e. The van der Waals surface area contributed by atoms with Crippen LogP contribution in [0.2, 0.25) is 5.02 Å². The predicted molar refractivity (Wildman–Crippen MR) is 132 cm³/mol. The number of ether oxygens (including phenoxy) is 1. The molecule has 6 nitrogen and oxygen atoms in total. The molecule has 1 aromatic heterocycles. The highest BCUT2D eigenvalue weighted by atomic mass is 35.5. The summed E-state index contributed by atoms with van der Waals surface area (Å²) in [5.41, 5.74) is 8.68. The second-order valence-electron chi connectivity index (χ2n) is 11.6. The monoisotopic (exact) mass is 485 g/mol. The molecular formula is C27H36ClN3O3. The molecule has 3 aliphatic carbocycles. The third kappa shape index (κ3) is 4.27. The van der Waals surface area contributed by atoms with E-state index in [9.17, 15) is 0 Å². The van der Waals surface area contributed by atoms with Crippen molar-refractivity contribution >= 4 is 22.5 Å². The van der Waals surface area contributed by atoms with Crippen molar-refractivity contribution in [2.24, 2.45) is 17.6 Å². The molecule has 6 rings (SSSR count). The van der Waals surface area contributed by atoms with Crippen LogP contribution in [0.4, 0.5) is 0 Å². The van der Waals surface area contributed by atoms with Crippen molar-refractivity contribution in [2.75, 3.05) is 6.61 Å². The molecule has 5 unspecified atom stereocenters. The number of nitrogens with zero attached hydrogens (tertiary/aromatic N) is 1. The molecule has 1 saturated heterocycles. The smallest absolute Gasteiger partial charge is 0.201 e. The Bertz CT molecular complexity index is 1040. The van der Waals surface area contributed by atoms with E-state index >= 15 is 0 Å². The van der Waals surface area contributed by atoms with E-state index in [1.807, 2.05) is 32.2 Å². The summed E-state index contributed by atoms with van der Waals surface area (Å²) < 4.78 is 6.12. The van der Waals surface area contributed by atoms with Crippen LogP contribution in [0.25, 0.3) is 10.9 Å². The second-order valence-corrected chi connectivity index (χ2v) is 12.1. The van der Waals surface area contributed by atoms with Crippen LogP contribution in [0.5, 0.6) is 0 Å². The van der Waals surface area contributed by atoms with Gasteiger partial charge in [0.1, 0.15) is 5.60 Å². The minimum absolute atomic E-state index is 0.205. The van der Waals surface area contributed by atoms with Gasteiger partial charge in [-0.15, -0.1) is 0 Å². The number of benzene rings is 1. The van der Waals surface area contributed by atoms with Crippen LogP contribution < -0.4 is 11.1 Å². The van der Waals surface area contributed by atoms with Crippen molar-refractivity contribution in [1.29, 1.82) is 0 Å². The van der Waals surface area contributed by atoms with Crippen LogP contribution in [-0.4, -0.2) is 41.1 Å². The zero-order valence-corrected chi connectivity index (χ0v) is 20.9. The van der Waals surface area contributed by atoms with E-state index < -0.39 is 5.79 Å². The van der Waals surface area contributed by atoms with E-state index in [1.54, 1.807) is 0 Å². The minimum atomic E-state index is -0.553. The third-order valence-electron chi connectivity index (χ3n) is 8.67. The SMILES string of the molecule is CC1(C)COC2(CCC(NC3CC4CC(N)C(c5ccnc6cc(Cl)ccc56)C4C3)CC2)OO1. The first-order valence-electron chi connectivity index (χ1n) is 12.9. The molecule has 0 amide bonds. The zero-order chi connectivity index (χ0) is 23.5. The summed E-state index contributed by atoms with van der Waals surface area (Å²) in [4.78, 5) is 15.9. The minimum Gasteiger partial charge on any atom is -0.344 e. The Hall–Kier alpha value is -1.28. The van der Waals surface area contributed by atoms with E-state index in [1.165, 1.54) is 23.8 Å². The van der Waals surface area contributed by atoms with Gasteiger partial charge in [0.05, 0.1) is 12.1 Å².